The predicted molar refractivity (Wildman–Crippen MR) is 75.6 cm³/mol. The number of nitrogens with one attached hydrogen (secondary N) is 2. The first-order chi connectivity index (χ1) is 6.77. The quantitative estimate of drug-likeness (QED) is 0.384. The smallest absolute Gasteiger partial charge is 0.119 e. The molecule has 0 aromatic carbocycles. The molecule has 0 aliphatic carbocycles. The molecule has 0 amide bonds. The van der Waals surface area contributed by atoms with E-state index in [4.69, 9.17) is 0 Å². The van der Waals surface area contributed by atoms with Crippen molar-refractivity contribution in [2.45, 2.75) is 4.05 Å². The van der Waals surface area contributed by atoms with Crippen LogP contribution in [0.5, 0.6) is 0 Å². The molecular formula is C9H13I2N3. The summed E-state index contributed by atoms with van der Waals surface area (Å²) in [5.74, 6) is 0. The fourth-order valence-corrected chi connectivity index (χ4v) is 3.70. The normalized spacial score (nSPS) is 27.9. The van der Waals surface area contributed by atoms with Gasteiger partial charge in [0.1, 0.15) is 4.05 Å². The molecule has 3 nitrogen and oxygen atoms in total. The van der Waals surface area contributed by atoms with Gasteiger partial charge >= 0.3 is 0 Å². The van der Waals surface area contributed by atoms with Crippen LogP contribution in [-0.2, 0) is 0 Å². The summed E-state index contributed by atoms with van der Waals surface area (Å²) in [7, 11) is 0. The van der Waals surface area contributed by atoms with Crippen molar-refractivity contribution in [1.29, 1.82) is 0 Å². The van der Waals surface area contributed by atoms with Crippen LogP contribution in [0.4, 0.5) is 0 Å². The van der Waals surface area contributed by atoms with E-state index in [-0.39, 0.29) is 0 Å². The van der Waals surface area contributed by atoms with Crippen molar-refractivity contribution >= 4 is 45.2 Å². The molecule has 1 unspecified atom stereocenters. The second kappa shape index (κ2) is 5.02. The molecule has 14 heavy (non-hydrogen) atoms. The number of piperazine rings is 1. The van der Waals surface area contributed by atoms with E-state index < -0.39 is 0 Å². The second-order valence-corrected chi connectivity index (χ2v) is 5.76. The van der Waals surface area contributed by atoms with Gasteiger partial charge in [-0.05, 0) is 34.7 Å². The number of hydrogen-bond acceptors (Lipinski definition) is 3. The highest BCUT2D eigenvalue weighted by Gasteiger charge is 2.21. The van der Waals surface area contributed by atoms with Crippen molar-refractivity contribution in [3.63, 3.8) is 0 Å². The topological polar surface area (TPSA) is 27.3 Å². The molecule has 2 N–H and O–H groups in total. The van der Waals surface area contributed by atoms with Gasteiger partial charge in [-0.1, -0.05) is 22.6 Å². The zero-order chi connectivity index (χ0) is 9.97. The maximum absolute atomic E-state index is 3.43. The van der Waals surface area contributed by atoms with E-state index in [2.05, 4.69) is 72.9 Å². The summed E-state index contributed by atoms with van der Waals surface area (Å²) in [6.45, 7) is 4.44. The molecule has 1 fully saturated rings. The van der Waals surface area contributed by atoms with Crippen molar-refractivity contribution < 1.29 is 0 Å². The highest BCUT2D eigenvalue weighted by molar-refractivity contribution is 14.1. The summed E-state index contributed by atoms with van der Waals surface area (Å²) in [5, 5.41) is 6.80. The van der Waals surface area contributed by atoms with E-state index in [1.807, 2.05) is 0 Å². The van der Waals surface area contributed by atoms with Gasteiger partial charge in [0.2, 0.25) is 0 Å². The predicted octanol–water partition coefficient (Wildman–Crippen LogP) is 1.42. The lowest BCUT2D eigenvalue weighted by atomic mass is 10.2. The maximum Gasteiger partial charge on any atom is 0.119 e. The monoisotopic (exact) mass is 417 g/mol. The molecule has 0 aromatic heterocycles. The Morgan fingerprint density at radius 3 is 2.64 bits per heavy atom. The van der Waals surface area contributed by atoms with Crippen LogP contribution in [0.15, 0.2) is 21.6 Å². The van der Waals surface area contributed by atoms with Gasteiger partial charge < -0.3 is 15.5 Å². The molecule has 2 aliphatic heterocycles. The Kier molecular flexibility index (Phi) is 3.94. The summed E-state index contributed by atoms with van der Waals surface area (Å²) < 4.78 is 1.64. The van der Waals surface area contributed by atoms with E-state index in [1.165, 1.54) is 9.40 Å². The molecule has 0 spiro atoms. The first-order valence-electron chi connectivity index (χ1n) is 4.71. The van der Waals surface area contributed by atoms with Gasteiger partial charge in [0, 0.05) is 31.9 Å². The lowest BCUT2D eigenvalue weighted by Gasteiger charge is -2.35. The molecule has 78 valence electrons. The van der Waals surface area contributed by atoms with Gasteiger partial charge in [-0.3, -0.25) is 0 Å². The van der Waals surface area contributed by atoms with E-state index in [0.717, 1.165) is 26.2 Å². The minimum absolute atomic E-state index is 0.419. The van der Waals surface area contributed by atoms with E-state index in [1.54, 1.807) is 0 Å². The van der Waals surface area contributed by atoms with Crippen LogP contribution >= 0.6 is 45.2 Å². The standard InChI is InChI=1S/C9H13I2N3/c10-8-2-1-7(9(11)13-8)14-5-3-12-4-6-14/h1-2,9,12-13H,3-6H2. The third-order valence-corrected chi connectivity index (χ3v) is 4.03. The van der Waals surface area contributed by atoms with E-state index in [0.29, 0.717) is 4.05 Å². The average molecular weight is 417 g/mol. The zero-order valence-corrected chi connectivity index (χ0v) is 12.1. The minimum Gasteiger partial charge on any atom is -0.370 e. The Morgan fingerprint density at radius 2 is 2.00 bits per heavy atom. The molecular weight excluding hydrogens is 404 g/mol. The molecule has 1 saturated heterocycles. The third kappa shape index (κ3) is 2.54. The number of dihydropyridines is 1. The fourth-order valence-electron chi connectivity index (χ4n) is 1.67. The van der Waals surface area contributed by atoms with Gasteiger partial charge in [0.25, 0.3) is 0 Å². The molecule has 0 saturated carbocycles. The largest absolute Gasteiger partial charge is 0.370 e. The van der Waals surface area contributed by atoms with Crippen molar-refractivity contribution in [3.05, 3.63) is 21.6 Å². The maximum atomic E-state index is 3.43. The molecule has 2 aliphatic rings. The Morgan fingerprint density at radius 1 is 1.29 bits per heavy atom. The minimum atomic E-state index is 0.419. The lowest BCUT2D eigenvalue weighted by Crippen LogP contribution is -2.46. The van der Waals surface area contributed by atoms with Crippen LogP contribution in [0, 0.1) is 0 Å². The second-order valence-electron chi connectivity index (χ2n) is 3.35. The Balaban J connectivity index is 2.08. The summed E-state index contributed by atoms with van der Waals surface area (Å²) in [6.07, 6.45) is 4.38. The number of rotatable bonds is 1. The molecule has 0 bridgehead atoms. The number of nitrogens with zero attached hydrogens (tertiary/aromatic N) is 1. The third-order valence-electron chi connectivity index (χ3n) is 2.41. The van der Waals surface area contributed by atoms with Crippen LogP contribution in [0.1, 0.15) is 0 Å². The van der Waals surface area contributed by atoms with Gasteiger partial charge in [-0.2, -0.15) is 0 Å². The van der Waals surface area contributed by atoms with Crippen molar-refractivity contribution in [2.24, 2.45) is 0 Å². The van der Waals surface area contributed by atoms with Crippen molar-refractivity contribution in [1.82, 2.24) is 15.5 Å². The summed E-state index contributed by atoms with van der Waals surface area (Å²) in [6, 6.07) is 0. The number of allylic oxidation sites excluding steroid dienone is 2. The zero-order valence-electron chi connectivity index (χ0n) is 7.76. The van der Waals surface area contributed by atoms with Gasteiger partial charge in [0.15, 0.2) is 0 Å². The number of halogens is 2. The molecule has 1 atom stereocenters. The molecule has 0 aromatic rings. The highest BCUT2D eigenvalue weighted by atomic mass is 127. The van der Waals surface area contributed by atoms with Crippen molar-refractivity contribution in [2.75, 3.05) is 26.2 Å². The summed E-state index contributed by atoms with van der Waals surface area (Å²) >= 11 is 4.77. The molecule has 2 rings (SSSR count). The SMILES string of the molecule is IC1=CC=C(N2CCNCC2)C(I)N1. The Labute approximate surface area is 112 Å². The summed E-state index contributed by atoms with van der Waals surface area (Å²) in [4.78, 5) is 2.46. The first kappa shape index (κ1) is 11.0. The van der Waals surface area contributed by atoms with E-state index in [9.17, 15) is 0 Å². The lowest BCUT2D eigenvalue weighted by molar-refractivity contribution is 0.290. The van der Waals surface area contributed by atoms with Crippen LogP contribution < -0.4 is 10.6 Å². The molecule has 2 heterocycles. The first-order valence-corrected chi connectivity index (χ1v) is 7.03. The van der Waals surface area contributed by atoms with Crippen LogP contribution in [0.2, 0.25) is 0 Å². The van der Waals surface area contributed by atoms with Gasteiger partial charge in [-0.15, -0.1) is 0 Å². The van der Waals surface area contributed by atoms with Crippen LogP contribution in [-0.4, -0.2) is 35.1 Å². The van der Waals surface area contributed by atoms with Gasteiger partial charge in [0.05, 0.1) is 3.70 Å². The Bertz CT molecular complexity index is 269. The highest BCUT2D eigenvalue weighted by Crippen LogP contribution is 2.22. The van der Waals surface area contributed by atoms with Gasteiger partial charge in [-0.25, -0.2) is 0 Å². The molecule has 0 radical (unpaired) electrons. The summed E-state index contributed by atoms with van der Waals surface area (Å²) in [5.41, 5.74) is 1.41. The fraction of sp³-hybridized carbons (Fsp3) is 0.556. The van der Waals surface area contributed by atoms with Crippen molar-refractivity contribution in [3.8, 4) is 0 Å². The van der Waals surface area contributed by atoms with E-state index >= 15 is 0 Å². The average Bonchev–Trinajstić information content (AvgIpc) is 2.19. The Hall–Kier alpha value is 0.500. The number of alkyl halides is 1. The molecule has 5 heteroatoms. The number of hydrogen-bond donors (Lipinski definition) is 2. The van der Waals surface area contributed by atoms with Crippen LogP contribution in [0.3, 0.4) is 0 Å². The van der Waals surface area contributed by atoms with Crippen LogP contribution in [0.25, 0.3) is 0 Å².